The van der Waals surface area contributed by atoms with Crippen molar-refractivity contribution in [3.8, 4) is 5.88 Å². The summed E-state index contributed by atoms with van der Waals surface area (Å²) in [6.07, 6.45) is -0.687. The average Bonchev–Trinajstić information content (AvgIpc) is 3.27. The van der Waals surface area contributed by atoms with E-state index in [2.05, 4.69) is 20.4 Å². The number of hydrogen-bond donors (Lipinski definition) is 2. The molecule has 0 spiro atoms. The van der Waals surface area contributed by atoms with Crippen LogP contribution < -0.4 is 15.4 Å². The first-order chi connectivity index (χ1) is 10.4. The molecule has 0 saturated heterocycles. The Hall–Kier alpha value is -1.83. The minimum absolute atomic E-state index is 0.0744. The number of carbonyl (C=O) groups excluding carboxylic acids is 1. The van der Waals surface area contributed by atoms with E-state index >= 15 is 0 Å². The maximum atomic E-state index is 12.2. The van der Waals surface area contributed by atoms with Crippen molar-refractivity contribution in [2.75, 3.05) is 19.7 Å². The quantitative estimate of drug-likeness (QED) is 0.765. The van der Waals surface area contributed by atoms with Crippen molar-refractivity contribution < 1.29 is 22.7 Å². The standard InChI is InChI=1S/C14H18F3N3O2/c15-14(16,17)9-22-13-11(2-1-5-19-13)7-20-12(21)8-18-6-10-3-4-10/h1-2,5,10,18H,3-4,6-9H2,(H,20,21). The summed E-state index contributed by atoms with van der Waals surface area (Å²) in [6, 6.07) is 3.14. The fraction of sp³-hybridized carbons (Fsp3) is 0.571. The number of carbonyl (C=O) groups is 1. The molecule has 22 heavy (non-hydrogen) atoms. The number of alkyl halides is 3. The lowest BCUT2D eigenvalue weighted by Gasteiger charge is -2.12. The van der Waals surface area contributed by atoms with Crippen LogP contribution in [0.2, 0.25) is 0 Å². The summed E-state index contributed by atoms with van der Waals surface area (Å²) in [6.45, 7) is -0.325. The van der Waals surface area contributed by atoms with E-state index < -0.39 is 12.8 Å². The zero-order valence-electron chi connectivity index (χ0n) is 11.9. The molecule has 0 atom stereocenters. The Morgan fingerprint density at radius 3 is 2.86 bits per heavy atom. The topological polar surface area (TPSA) is 63.2 Å². The Labute approximate surface area is 126 Å². The lowest BCUT2D eigenvalue weighted by molar-refractivity contribution is -0.154. The molecule has 1 heterocycles. The predicted molar refractivity (Wildman–Crippen MR) is 73.2 cm³/mol. The largest absolute Gasteiger partial charge is 0.468 e. The Kier molecular flexibility index (Phi) is 5.59. The third-order valence-corrected chi connectivity index (χ3v) is 3.11. The van der Waals surface area contributed by atoms with E-state index in [4.69, 9.17) is 0 Å². The van der Waals surface area contributed by atoms with Crippen molar-refractivity contribution in [1.29, 1.82) is 0 Å². The van der Waals surface area contributed by atoms with Gasteiger partial charge >= 0.3 is 6.18 Å². The van der Waals surface area contributed by atoms with E-state index in [0.717, 1.165) is 6.54 Å². The second-order valence-electron chi connectivity index (χ2n) is 5.22. The Morgan fingerprint density at radius 1 is 1.41 bits per heavy atom. The van der Waals surface area contributed by atoms with Crippen LogP contribution in [0.1, 0.15) is 18.4 Å². The van der Waals surface area contributed by atoms with Gasteiger partial charge in [-0.2, -0.15) is 13.2 Å². The fourth-order valence-electron chi connectivity index (χ4n) is 1.81. The van der Waals surface area contributed by atoms with Crippen molar-refractivity contribution in [2.45, 2.75) is 25.6 Å². The summed E-state index contributed by atoms with van der Waals surface area (Å²) in [5.74, 6) is 0.339. The zero-order chi connectivity index (χ0) is 16.0. The fourth-order valence-corrected chi connectivity index (χ4v) is 1.81. The summed E-state index contributed by atoms with van der Waals surface area (Å²) in [5.41, 5.74) is 0.405. The number of amides is 1. The SMILES string of the molecule is O=C(CNCC1CC1)NCc1cccnc1OCC(F)(F)F. The summed E-state index contributed by atoms with van der Waals surface area (Å²) in [4.78, 5) is 15.4. The molecule has 1 saturated carbocycles. The van der Waals surface area contributed by atoms with E-state index in [0.29, 0.717) is 11.5 Å². The molecular weight excluding hydrogens is 299 g/mol. The van der Waals surface area contributed by atoms with E-state index in [1.165, 1.54) is 19.0 Å². The van der Waals surface area contributed by atoms with Gasteiger partial charge in [0.2, 0.25) is 11.8 Å². The molecule has 1 aliphatic rings. The lowest BCUT2D eigenvalue weighted by Crippen LogP contribution is -2.34. The number of rotatable bonds is 8. The van der Waals surface area contributed by atoms with Gasteiger partial charge in [0.05, 0.1) is 6.54 Å². The van der Waals surface area contributed by atoms with Gasteiger partial charge in [0.15, 0.2) is 6.61 Å². The van der Waals surface area contributed by atoms with Gasteiger partial charge in [0.25, 0.3) is 0 Å². The number of nitrogens with zero attached hydrogens (tertiary/aromatic N) is 1. The summed E-state index contributed by atoms with van der Waals surface area (Å²) < 4.78 is 41.1. The maximum absolute atomic E-state index is 12.2. The maximum Gasteiger partial charge on any atom is 0.422 e. The van der Waals surface area contributed by atoms with Gasteiger partial charge in [0, 0.05) is 18.3 Å². The molecule has 8 heteroatoms. The number of halogens is 3. The van der Waals surface area contributed by atoms with Gasteiger partial charge in [0.1, 0.15) is 0 Å². The van der Waals surface area contributed by atoms with E-state index in [-0.39, 0.29) is 24.9 Å². The molecule has 1 aliphatic carbocycles. The molecule has 122 valence electrons. The van der Waals surface area contributed by atoms with Crippen LogP contribution in [0.5, 0.6) is 5.88 Å². The molecule has 0 bridgehead atoms. The first-order valence-corrected chi connectivity index (χ1v) is 7.05. The van der Waals surface area contributed by atoms with Crippen molar-refractivity contribution in [1.82, 2.24) is 15.6 Å². The Bertz CT molecular complexity index is 504. The van der Waals surface area contributed by atoms with Gasteiger partial charge in [-0.3, -0.25) is 4.79 Å². The number of aromatic nitrogens is 1. The van der Waals surface area contributed by atoms with Crippen LogP contribution in [-0.4, -0.2) is 36.8 Å². The zero-order valence-corrected chi connectivity index (χ0v) is 11.9. The van der Waals surface area contributed by atoms with Crippen molar-refractivity contribution >= 4 is 5.91 Å². The molecule has 1 aromatic heterocycles. The van der Waals surface area contributed by atoms with Gasteiger partial charge < -0.3 is 15.4 Å². The molecule has 0 unspecified atom stereocenters. The van der Waals surface area contributed by atoms with Crippen molar-refractivity contribution in [3.05, 3.63) is 23.9 Å². The van der Waals surface area contributed by atoms with Gasteiger partial charge in [-0.1, -0.05) is 6.07 Å². The molecule has 1 aromatic rings. The van der Waals surface area contributed by atoms with Crippen LogP contribution in [-0.2, 0) is 11.3 Å². The summed E-state index contributed by atoms with van der Waals surface area (Å²) >= 11 is 0. The number of hydrogen-bond acceptors (Lipinski definition) is 4. The van der Waals surface area contributed by atoms with Crippen LogP contribution in [0.4, 0.5) is 13.2 Å². The molecule has 0 radical (unpaired) electrons. The highest BCUT2D eigenvalue weighted by Crippen LogP contribution is 2.27. The molecule has 2 rings (SSSR count). The predicted octanol–water partition coefficient (Wildman–Crippen LogP) is 1.64. The third-order valence-electron chi connectivity index (χ3n) is 3.11. The van der Waals surface area contributed by atoms with E-state index in [9.17, 15) is 18.0 Å². The highest BCUT2D eigenvalue weighted by molar-refractivity contribution is 5.78. The molecule has 2 N–H and O–H groups in total. The molecule has 5 nitrogen and oxygen atoms in total. The Balaban J connectivity index is 1.77. The number of nitrogens with one attached hydrogen (secondary N) is 2. The monoisotopic (exact) mass is 317 g/mol. The second-order valence-corrected chi connectivity index (χ2v) is 5.22. The molecule has 1 fully saturated rings. The first-order valence-electron chi connectivity index (χ1n) is 7.05. The minimum atomic E-state index is -4.43. The van der Waals surface area contributed by atoms with Crippen molar-refractivity contribution in [3.63, 3.8) is 0 Å². The number of pyridine rings is 1. The van der Waals surface area contributed by atoms with Crippen LogP contribution in [0, 0.1) is 5.92 Å². The second kappa shape index (κ2) is 7.44. The summed E-state index contributed by atoms with van der Waals surface area (Å²) in [5, 5.41) is 5.66. The van der Waals surface area contributed by atoms with Gasteiger partial charge in [-0.25, -0.2) is 4.98 Å². The van der Waals surface area contributed by atoms with Gasteiger partial charge in [-0.05, 0) is 31.4 Å². The van der Waals surface area contributed by atoms with E-state index in [1.54, 1.807) is 12.1 Å². The molecule has 0 aromatic carbocycles. The minimum Gasteiger partial charge on any atom is -0.468 e. The van der Waals surface area contributed by atoms with Crippen LogP contribution in [0.25, 0.3) is 0 Å². The average molecular weight is 317 g/mol. The van der Waals surface area contributed by atoms with Crippen LogP contribution >= 0.6 is 0 Å². The van der Waals surface area contributed by atoms with Crippen molar-refractivity contribution in [2.24, 2.45) is 5.92 Å². The summed E-state index contributed by atoms with van der Waals surface area (Å²) in [7, 11) is 0. The van der Waals surface area contributed by atoms with Gasteiger partial charge in [-0.15, -0.1) is 0 Å². The highest BCUT2D eigenvalue weighted by atomic mass is 19.4. The number of ether oxygens (including phenoxy) is 1. The normalized spacial score (nSPS) is 14.7. The molecular formula is C14H18F3N3O2. The first kappa shape index (κ1) is 16.5. The highest BCUT2D eigenvalue weighted by Gasteiger charge is 2.29. The van der Waals surface area contributed by atoms with Crippen LogP contribution in [0.15, 0.2) is 18.3 Å². The van der Waals surface area contributed by atoms with E-state index in [1.807, 2.05) is 0 Å². The third kappa shape index (κ3) is 6.30. The molecule has 0 aliphatic heterocycles. The van der Waals surface area contributed by atoms with Crippen LogP contribution in [0.3, 0.4) is 0 Å². The lowest BCUT2D eigenvalue weighted by atomic mass is 10.2. The smallest absolute Gasteiger partial charge is 0.422 e. The molecule has 1 amide bonds. The Morgan fingerprint density at radius 2 is 2.18 bits per heavy atom.